The summed E-state index contributed by atoms with van der Waals surface area (Å²) in [6.07, 6.45) is 0. The molecule has 0 aliphatic carbocycles. The molecule has 0 radical (unpaired) electrons. The van der Waals surface area contributed by atoms with Gasteiger partial charge in [0.2, 0.25) is 0 Å². The first kappa shape index (κ1) is 13.3. The molecule has 3 nitrogen and oxygen atoms in total. The Balaban J connectivity index is 3.23. The van der Waals surface area contributed by atoms with E-state index in [4.69, 9.17) is 0 Å². The number of esters is 1. The number of methoxy groups -OCH3 is 1. The zero-order valence-electron chi connectivity index (χ0n) is 9.30. The molecule has 0 fully saturated rings. The maximum Gasteiger partial charge on any atom is 0.382 e. The van der Waals surface area contributed by atoms with Crippen LogP contribution in [0.2, 0.25) is 0 Å². The highest BCUT2D eigenvalue weighted by atomic mass is 19.3. The maximum absolute atomic E-state index is 13.6. The van der Waals surface area contributed by atoms with Gasteiger partial charge in [0.15, 0.2) is 11.6 Å². The first-order valence-electron chi connectivity index (χ1n) is 4.83. The molecule has 0 N–H and O–H groups in total. The fraction of sp³-hybridized carbons (Fsp3) is 0.364. The Morgan fingerprint density at radius 3 is 2.59 bits per heavy atom. The molecule has 0 saturated carbocycles. The highest BCUT2D eigenvalue weighted by Crippen LogP contribution is 2.37. The standard InChI is InChI=1S/C11H11F3O3/c1-3-17-10(15)11(13,14)7-5-4-6-8(12)9(7)16-2/h4-6H,3H2,1-2H3. The number of hydrogen-bond donors (Lipinski definition) is 0. The lowest BCUT2D eigenvalue weighted by Gasteiger charge is -2.17. The van der Waals surface area contributed by atoms with Crippen LogP contribution < -0.4 is 4.74 Å². The van der Waals surface area contributed by atoms with Crippen LogP contribution in [0, 0.1) is 5.82 Å². The molecule has 0 aliphatic heterocycles. The van der Waals surface area contributed by atoms with Gasteiger partial charge >= 0.3 is 11.9 Å². The van der Waals surface area contributed by atoms with E-state index < -0.39 is 29.0 Å². The Morgan fingerprint density at radius 1 is 1.41 bits per heavy atom. The Morgan fingerprint density at radius 2 is 2.06 bits per heavy atom. The van der Waals surface area contributed by atoms with Gasteiger partial charge in [-0.05, 0) is 19.1 Å². The van der Waals surface area contributed by atoms with E-state index in [0.717, 1.165) is 25.3 Å². The molecule has 0 amide bonds. The first-order chi connectivity index (χ1) is 7.95. The Labute approximate surface area is 96.1 Å². The molecule has 0 aromatic heterocycles. The highest BCUT2D eigenvalue weighted by molar-refractivity contribution is 5.80. The minimum absolute atomic E-state index is 0.188. The van der Waals surface area contributed by atoms with Crippen molar-refractivity contribution in [3.05, 3.63) is 29.6 Å². The molecular weight excluding hydrogens is 237 g/mol. The largest absolute Gasteiger partial charge is 0.493 e. The lowest BCUT2D eigenvalue weighted by molar-refractivity contribution is -0.173. The third-order valence-corrected chi connectivity index (χ3v) is 2.04. The molecule has 0 saturated heterocycles. The minimum atomic E-state index is -3.94. The van der Waals surface area contributed by atoms with Crippen molar-refractivity contribution in [2.24, 2.45) is 0 Å². The number of para-hydroxylation sites is 1. The smallest absolute Gasteiger partial charge is 0.382 e. The van der Waals surface area contributed by atoms with E-state index in [2.05, 4.69) is 9.47 Å². The van der Waals surface area contributed by atoms with Crippen molar-refractivity contribution < 1.29 is 27.4 Å². The fourth-order valence-electron chi connectivity index (χ4n) is 1.30. The van der Waals surface area contributed by atoms with Crippen LogP contribution in [-0.4, -0.2) is 19.7 Å². The number of hydrogen-bond acceptors (Lipinski definition) is 3. The van der Waals surface area contributed by atoms with E-state index in [-0.39, 0.29) is 6.61 Å². The van der Waals surface area contributed by atoms with E-state index in [1.54, 1.807) is 0 Å². The van der Waals surface area contributed by atoms with Gasteiger partial charge in [-0.25, -0.2) is 9.18 Å². The van der Waals surface area contributed by atoms with E-state index in [0.29, 0.717) is 0 Å². The van der Waals surface area contributed by atoms with Crippen LogP contribution >= 0.6 is 0 Å². The number of alkyl halides is 2. The Hall–Kier alpha value is -1.72. The summed E-state index contributed by atoms with van der Waals surface area (Å²) in [5, 5.41) is 0. The van der Waals surface area contributed by atoms with Gasteiger partial charge in [-0.15, -0.1) is 0 Å². The number of halogens is 3. The zero-order valence-corrected chi connectivity index (χ0v) is 9.30. The topological polar surface area (TPSA) is 35.5 Å². The summed E-state index contributed by atoms with van der Waals surface area (Å²) in [6.45, 7) is 1.21. The molecule has 0 bridgehead atoms. The third kappa shape index (κ3) is 2.51. The second kappa shape index (κ2) is 5.07. The van der Waals surface area contributed by atoms with Crippen LogP contribution in [0.15, 0.2) is 18.2 Å². The second-order valence-corrected chi connectivity index (χ2v) is 3.12. The summed E-state index contributed by atoms with van der Waals surface area (Å²) in [7, 11) is 1.04. The van der Waals surface area contributed by atoms with Crippen LogP contribution in [0.5, 0.6) is 5.75 Å². The lowest BCUT2D eigenvalue weighted by Crippen LogP contribution is -2.29. The Kier molecular flexibility index (Phi) is 3.98. The fourth-order valence-corrected chi connectivity index (χ4v) is 1.30. The van der Waals surface area contributed by atoms with Gasteiger partial charge in [0.05, 0.1) is 19.3 Å². The molecule has 1 aromatic rings. The monoisotopic (exact) mass is 248 g/mol. The Bertz CT molecular complexity index is 418. The molecule has 0 heterocycles. The van der Waals surface area contributed by atoms with Crippen LogP contribution in [0.4, 0.5) is 13.2 Å². The van der Waals surface area contributed by atoms with Crippen LogP contribution in [0.25, 0.3) is 0 Å². The van der Waals surface area contributed by atoms with Gasteiger partial charge in [0.25, 0.3) is 0 Å². The molecule has 0 spiro atoms. The van der Waals surface area contributed by atoms with Gasteiger partial charge in [0.1, 0.15) is 0 Å². The summed E-state index contributed by atoms with van der Waals surface area (Å²) in [5.41, 5.74) is -0.849. The summed E-state index contributed by atoms with van der Waals surface area (Å²) < 4.78 is 49.3. The van der Waals surface area contributed by atoms with Gasteiger partial charge < -0.3 is 9.47 Å². The predicted molar refractivity (Wildman–Crippen MR) is 53.5 cm³/mol. The molecule has 0 atom stereocenters. The number of carbonyl (C=O) groups is 1. The van der Waals surface area contributed by atoms with E-state index in [1.165, 1.54) is 6.92 Å². The van der Waals surface area contributed by atoms with Crippen molar-refractivity contribution in [1.82, 2.24) is 0 Å². The van der Waals surface area contributed by atoms with E-state index in [1.807, 2.05) is 0 Å². The van der Waals surface area contributed by atoms with Crippen molar-refractivity contribution >= 4 is 5.97 Å². The number of ether oxygens (including phenoxy) is 2. The minimum Gasteiger partial charge on any atom is -0.493 e. The van der Waals surface area contributed by atoms with Crippen molar-refractivity contribution in [1.29, 1.82) is 0 Å². The number of benzene rings is 1. The number of carbonyl (C=O) groups excluding carboxylic acids is 1. The zero-order chi connectivity index (χ0) is 13.1. The van der Waals surface area contributed by atoms with Crippen molar-refractivity contribution in [2.75, 3.05) is 13.7 Å². The summed E-state index contributed by atoms with van der Waals surface area (Å²) in [4.78, 5) is 11.1. The molecule has 17 heavy (non-hydrogen) atoms. The molecule has 6 heteroatoms. The van der Waals surface area contributed by atoms with E-state index >= 15 is 0 Å². The van der Waals surface area contributed by atoms with Crippen LogP contribution in [-0.2, 0) is 15.5 Å². The van der Waals surface area contributed by atoms with Gasteiger partial charge in [-0.1, -0.05) is 6.07 Å². The van der Waals surface area contributed by atoms with Crippen LogP contribution in [0.1, 0.15) is 12.5 Å². The van der Waals surface area contributed by atoms with Gasteiger partial charge in [0, 0.05) is 0 Å². The second-order valence-electron chi connectivity index (χ2n) is 3.12. The molecule has 1 rings (SSSR count). The number of rotatable bonds is 4. The quantitative estimate of drug-likeness (QED) is 0.768. The van der Waals surface area contributed by atoms with Crippen LogP contribution in [0.3, 0.4) is 0 Å². The molecule has 0 aliphatic rings. The van der Waals surface area contributed by atoms with Gasteiger partial charge in [-0.2, -0.15) is 8.78 Å². The van der Waals surface area contributed by atoms with Crippen molar-refractivity contribution in [3.63, 3.8) is 0 Å². The maximum atomic E-state index is 13.6. The average molecular weight is 248 g/mol. The first-order valence-corrected chi connectivity index (χ1v) is 4.83. The lowest BCUT2D eigenvalue weighted by atomic mass is 10.1. The predicted octanol–water partition coefficient (Wildman–Crippen LogP) is 2.49. The molecule has 1 aromatic carbocycles. The average Bonchev–Trinajstić information content (AvgIpc) is 2.29. The highest BCUT2D eigenvalue weighted by Gasteiger charge is 2.45. The summed E-state index contributed by atoms with van der Waals surface area (Å²) in [5.74, 6) is -7.30. The van der Waals surface area contributed by atoms with Crippen molar-refractivity contribution in [2.45, 2.75) is 12.8 Å². The van der Waals surface area contributed by atoms with E-state index in [9.17, 15) is 18.0 Å². The molecule has 0 unspecified atom stereocenters. The normalized spacial score (nSPS) is 11.1. The third-order valence-electron chi connectivity index (χ3n) is 2.04. The molecular formula is C11H11F3O3. The summed E-state index contributed by atoms with van der Waals surface area (Å²) in [6, 6.07) is 2.95. The summed E-state index contributed by atoms with van der Waals surface area (Å²) >= 11 is 0. The SMILES string of the molecule is CCOC(=O)C(F)(F)c1cccc(F)c1OC. The molecule has 94 valence electrons. The van der Waals surface area contributed by atoms with Gasteiger partial charge in [-0.3, -0.25) is 0 Å². The van der Waals surface area contributed by atoms with Crippen molar-refractivity contribution in [3.8, 4) is 5.75 Å².